The lowest BCUT2D eigenvalue weighted by Gasteiger charge is -2.09. The molecule has 6 nitrogen and oxygen atoms in total. The van der Waals surface area contributed by atoms with Crippen LogP contribution in [-0.4, -0.2) is 15.7 Å². The van der Waals surface area contributed by atoms with Gasteiger partial charge in [-0.25, -0.2) is 4.68 Å². The second-order valence-corrected chi connectivity index (χ2v) is 5.30. The van der Waals surface area contributed by atoms with Gasteiger partial charge in [0.15, 0.2) is 5.82 Å². The summed E-state index contributed by atoms with van der Waals surface area (Å²) in [7, 11) is 0. The minimum atomic E-state index is 0.0113. The van der Waals surface area contributed by atoms with Gasteiger partial charge in [-0.1, -0.05) is 20.3 Å². The van der Waals surface area contributed by atoms with Crippen molar-refractivity contribution in [2.45, 2.75) is 26.7 Å². The van der Waals surface area contributed by atoms with Gasteiger partial charge in [0.2, 0.25) is 5.91 Å². The first kappa shape index (κ1) is 15.6. The Morgan fingerprint density at radius 3 is 2.68 bits per heavy atom. The van der Waals surface area contributed by atoms with Gasteiger partial charge in [-0.3, -0.25) is 4.79 Å². The average Bonchev–Trinajstić information content (AvgIpc) is 2.88. The number of nitrogen functional groups attached to an aromatic ring is 1. The fraction of sp³-hybridized carbons (Fsp3) is 0.312. The molecule has 1 amide bonds. The number of nitrogens with two attached hydrogens (primary N) is 1. The normalized spacial score (nSPS) is 11.7. The van der Waals surface area contributed by atoms with E-state index in [1.54, 1.807) is 23.0 Å². The van der Waals surface area contributed by atoms with Crippen LogP contribution in [0.15, 0.2) is 30.5 Å². The van der Waals surface area contributed by atoms with Crippen molar-refractivity contribution in [2.24, 2.45) is 5.92 Å². The Balaban J connectivity index is 2.07. The summed E-state index contributed by atoms with van der Waals surface area (Å²) < 4.78 is 1.54. The fourth-order valence-electron chi connectivity index (χ4n) is 1.98. The standard InChI is InChI=1S/C16H19N5O/c1-3-11(2)8-15(22)19-13-4-6-14(7-5-13)21-10-12(9-17)16(18)20-21/h4-7,10-11H,3,8H2,1-2H3,(H2,18,20)(H,19,22). The van der Waals surface area contributed by atoms with Crippen molar-refractivity contribution in [3.63, 3.8) is 0 Å². The number of rotatable bonds is 5. The first-order valence-corrected chi connectivity index (χ1v) is 7.19. The first-order valence-electron chi connectivity index (χ1n) is 7.19. The van der Waals surface area contributed by atoms with Crippen LogP contribution in [0.1, 0.15) is 32.3 Å². The number of nitrogens with one attached hydrogen (secondary N) is 1. The summed E-state index contributed by atoms with van der Waals surface area (Å²) >= 11 is 0. The Hall–Kier alpha value is -2.81. The highest BCUT2D eigenvalue weighted by atomic mass is 16.1. The molecule has 3 N–H and O–H groups in total. The zero-order valence-electron chi connectivity index (χ0n) is 12.7. The molecule has 1 aromatic carbocycles. The summed E-state index contributed by atoms with van der Waals surface area (Å²) in [4.78, 5) is 11.8. The van der Waals surface area contributed by atoms with Crippen LogP contribution in [0.4, 0.5) is 11.5 Å². The Morgan fingerprint density at radius 1 is 1.45 bits per heavy atom. The number of nitriles is 1. The van der Waals surface area contributed by atoms with E-state index in [1.165, 1.54) is 0 Å². The molecule has 0 aliphatic rings. The van der Waals surface area contributed by atoms with E-state index in [0.29, 0.717) is 17.9 Å². The number of hydrogen-bond acceptors (Lipinski definition) is 4. The fourth-order valence-corrected chi connectivity index (χ4v) is 1.98. The second kappa shape index (κ2) is 6.76. The van der Waals surface area contributed by atoms with Gasteiger partial charge in [-0.15, -0.1) is 5.10 Å². The number of benzene rings is 1. The van der Waals surface area contributed by atoms with Crippen molar-refractivity contribution >= 4 is 17.4 Å². The molecule has 0 aliphatic carbocycles. The molecule has 0 aliphatic heterocycles. The summed E-state index contributed by atoms with van der Waals surface area (Å²) in [5, 5.41) is 15.8. The van der Waals surface area contributed by atoms with E-state index in [0.717, 1.165) is 17.8 Å². The molecular formula is C16H19N5O. The monoisotopic (exact) mass is 297 g/mol. The van der Waals surface area contributed by atoms with Gasteiger partial charge in [0.05, 0.1) is 11.9 Å². The SMILES string of the molecule is CCC(C)CC(=O)Nc1ccc(-n2cc(C#N)c(N)n2)cc1. The van der Waals surface area contributed by atoms with Gasteiger partial charge in [0.25, 0.3) is 0 Å². The maximum absolute atomic E-state index is 11.8. The highest BCUT2D eigenvalue weighted by Gasteiger charge is 2.09. The van der Waals surface area contributed by atoms with Crippen LogP contribution < -0.4 is 11.1 Å². The molecular weight excluding hydrogens is 278 g/mol. The van der Waals surface area contributed by atoms with Crippen LogP contribution in [0.3, 0.4) is 0 Å². The van der Waals surface area contributed by atoms with Crippen molar-refractivity contribution in [1.82, 2.24) is 9.78 Å². The van der Waals surface area contributed by atoms with Crippen LogP contribution >= 0.6 is 0 Å². The third-order valence-corrected chi connectivity index (χ3v) is 3.51. The molecule has 0 bridgehead atoms. The maximum Gasteiger partial charge on any atom is 0.224 e. The summed E-state index contributed by atoms with van der Waals surface area (Å²) in [5.41, 5.74) is 7.48. The highest BCUT2D eigenvalue weighted by molar-refractivity contribution is 5.90. The molecule has 0 saturated carbocycles. The van der Waals surface area contributed by atoms with Gasteiger partial charge >= 0.3 is 0 Å². The highest BCUT2D eigenvalue weighted by Crippen LogP contribution is 2.17. The van der Waals surface area contributed by atoms with Gasteiger partial charge < -0.3 is 11.1 Å². The molecule has 0 spiro atoms. The summed E-state index contributed by atoms with van der Waals surface area (Å²) in [6.45, 7) is 4.12. The Kier molecular flexibility index (Phi) is 4.79. The van der Waals surface area contributed by atoms with Crippen molar-refractivity contribution in [3.8, 4) is 11.8 Å². The van der Waals surface area contributed by atoms with E-state index in [1.807, 2.05) is 18.2 Å². The number of carbonyl (C=O) groups excluding carboxylic acids is 1. The van der Waals surface area contributed by atoms with Crippen molar-refractivity contribution < 1.29 is 4.79 Å². The number of aromatic nitrogens is 2. The number of nitrogens with zero attached hydrogens (tertiary/aromatic N) is 3. The maximum atomic E-state index is 11.8. The van der Waals surface area contributed by atoms with E-state index in [2.05, 4.69) is 24.3 Å². The lowest BCUT2D eigenvalue weighted by Crippen LogP contribution is -2.14. The molecule has 1 atom stereocenters. The van der Waals surface area contributed by atoms with E-state index in [4.69, 9.17) is 11.0 Å². The van der Waals surface area contributed by atoms with E-state index in [-0.39, 0.29) is 11.7 Å². The minimum Gasteiger partial charge on any atom is -0.381 e. The summed E-state index contributed by atoms with van der Waals surface area (Å²) in [6, 6.07) is 9.20. The van der Waals surface area contributed by atoms with Crippen LogP contribution in [0.5, 0.6) is 0 Å². The largest absolute Gasteiger partial charge is 0.381 e. The van der Waals surface area contributed by atoms with Crippen LogP contribution in [-0.2, 0) is 4.79 Å². The van der Waals surface area contributed by atoms with Crippen molar-refractivity contribution in [3.05, 3.63) is 36.0 Å². The molecule has 1 aromatic heterocycles. The summed E-state index contributed by atoms with van der Waals surface area (Å²) in [5.74, 6) is 0.585. The summed E-state index contributed by atoms with van der Waals surface area (Å²) in [6.07, 6.45) is 3.07. The molecule has 1 unspecified atom stereocenters. The van der Waals surface area contributed by atoms with Crippen molar-refractivity contribution in [2.75, 3.05) is 11.1 Å². The molecule has 6 heteroatoms. The van der Waals surface area contributed by atoms with Crippen LogP contribution in [0, 0.1) is 17.2 Å². The lowest BCUT2D eigenvalue weighted by molar-refractivity contribution is -0.117. The second-order valence-electron chi connectivity index (χ2n) is 5.30. The smallest absolute Gasteiger partial charge is 0.224 e. The number of amides is 1. The molecule has 0 radical (unpaired) electrons. The molecule has 1 heterocycles. The molecule has 0 fully saturated rings. The minimum absolute atomic E-state index is 0.0113. The van der Waals surface area contributed by atoms with E-state index >= 15 is 0 Å². The molecule has 2 aromatic rings. The lowest BCUT2D eigenvalue weighted by atomic mass is 10.1. The van der Waals surface area contributed by atoms with Gasteiger partial charge in [-0.2, -0.15) is 5.26 Å². The molecule has 114 valence electrons. The number of carbonyl (C=O) groups is 1. The predicted octanol–water partition coefficient (Wildman–Crippen LogP) is 2.70. The molecule has 0 saturated heterocycles. The Labute approximate surface area is 129 Å². The van der Waals surface area contributed by atoms with Gasteiger partial charge in [-0.05, 0) is 30.2 Å². The zero-order chi connectivity index (χ0) is 16.1. The van der Waals surface area contributed by atoms with E-state index < -0.39 is 0 Å². The number of hydrogen-bond donors (Lipinski definition) is 2. The Morgan fingerprint density at radius 2 is 2.14 bits per heavy atom. The number of anilines is 2. The average molecular weight is 297 g/mol. The third-order valence-electron chi connectivity index (χ3n) is 3.51. The van der Waals surface area contributed by atoms with E-state index in [9.17, 15) is 4.79 Å². The first-order chi connectivity index (χ1) is 10.5. The third kappa shape index (κ3) is 3.64. The van der Waals surface area contributed by atoms with Gasteiger partial charge in [0.1, 0.15) is 11.6 Å². The Bertz CT molecular complexity index is 696. The van der Waals surface area contributed by atoms with Crippen LogP contribution in [0.25, 0.3) is 5.69 Å². The molecule has 22 heavy (non-hydrogen) atoms. The topological polar surface area (TPSA) is 96.7 Å². The van der Waals surface area contributed by atoms with Gasteiger partial charge in [0, 0.05) is 12.1 Å². The predicted molar refractivity (Wildman–Crippen MR) is 85.4 cm³/mol. The van der Waals surface area contributed by atoms with Crippen LogP contribution in [0.2, 0.25) is 0 Å². The zero-order valence-corrected chi connectivity index (χ0v) is 12.7. The van der Waals surface area contributed by atoms with Crippen molar-refractivity contribution in [1.29, 1.82) is 5.26 Å². The quantitative estimate of drug-likeness (QED) is 0.886. The molecule has 2 rings (SSSR count).